The fourth-order valence-corrected chi connectivity index (χ4v) is 9.87. The van der Waals surface area contributed by atoms with Crippen LogP contribution < -0.4 is 15.9 Å². The van der Waals surface area contributed by atoms with Gasteiger partial charge in [-0.2, -0.15) is 0 Å². The van der Waals surface area contributed by atoms with Crippen LogP contribution in [0.3, 0.4) is 0 Å². The van der Waals surface area contributed by atoms with Gasteiger partial charge in [-0.25, -0.2) is 4.98 Å². The van der Waals surface area contributed by atoms with Gasteiger partial charge in [0.1, 0.15) is 5.65 Å². The van der Waals surface area contributed by atoms with Crippen molar-refractivity contribution in [3.05, 3.63) is 164 Å². The minimum absolute atomic E-state index is 0.836. The first-order valence-electron chi connectivity index (χ1n) is 15.2. The number of benzene rings is 7. The van der Waals surface area contributed by atoms with Crippen LogP contribution in [-0.2, 0) is 4.57 Å². The highest BCUT2D eigenvalue weighted by Crippen LogP contribution is 2.45. The Bertz CT molecular complexity index is 2580. The summed E-state index contributed by atoms with van der Waals surface area (Å²) >= 11 is 0. The first-order chi connectivity index (χ1) is 22.2. The van der Waals surface area contributed by atoms with E-state index in [1.54, 1.807) is 0 Å². The van der Waals surface area contributed by atoms with Crippen LogP contribution in [0.5, 0.6) is 0 Å². The van der Waals surface area contributed by atoms with Gasteiger partial charge in [-0.15, -0.1) is 0 Å². The molecule has 0 amide bonds. The molecule has 0 aliphatic carbocycles. The molecule has 4 heteroatoms. The van der Waals surface area contributed by atoms with Crippen molar-refractivity contribution in [3.8, 4) is 11.1 Å². The molecule has 7 aromatic carbocycles. The van der Waals surface area contributed by atoms with Gasteiger partial charge in [0.2, 0.25) is 0 Å². The number of fused-ring (bicyclic) bond motifs is 9. The maximum absolute atomic E-state index is 15.4. The summed E-state index contributed by atoms with van der Waals surface area (Å²) in [6.45, 7) is 0. The standard InChI is InChI=1S/C41H27N2OP/c44-45(29-13-3-1-4-14-29,30-15-5-2-6-16-30)40-24-12-19-32-31(18-11-20-34(32)40)28-25-26-35-36(27-28)33-17-7-9-22-38(33)43-39-23-10-8-21-37(39)42-41(35)43/h1-27H. The van der Waals surface area contributed by atoms with Crippen LogP contribution in [0.2, 0.25) is 0 Å². The number of para-hydroxylation sites is 3. The van der Waals surface area contributed by atoms with Gasteiger partial charge in [0.05, 0.1) is 16.6 Å². The van der Waals surface area contributed by atoms with Crippen molar-refractivity contribution < 1.29 is 4.57 Å². The third-order valence-electron chi connectivity index (χ3n) is 9.05. The second kappa shape index (κ2) is 10.0. The minimum Gasteiger partial charge on any atom is -0.309 e. The number of pyridine rings is 1. The van der Waals surface area contributed by atoms with E-state index in [-0.39, 0.29) is 0 Å². The molecule has 0 bridgehead atoms. The number of aromatic nitrogens is 2. The summed E-state index contributed by atoms with van der Waals surface area (Å²) in [5.41, 5.74) is 6.42. The lowest BCUT2D eigenvalue weighted by molar-refractivity contribution is 0.592. The Hall–Kier alpha value is -5.50. The molecule has 0 fully saturated rings. The number of hydrogen-bond donors (Lipinski definition) is 0. The molecular formula is C41H27N2OP. The van der Waals surface area contributed by atoms with Crippen LogP contribution in [0, 0.1) is 0 Å². The molecule has 0 spiro atoms. The van der Waals surface area contributed by atoms with E-state index in [0.717, 1.165) is 65.4 Å². The van der Waals surface area contributed by atoms with Crippen molar-refractivity contribution in [3.63, 3.8) is 0 Å². The Morgan fingerprint density at radius 3 is 1.87 bits per heavy atom. The van der Waals surface area contributed by atoms with Gasteiger partial charge in [0.15, 0.2) is 7.14 Å². The van der Waals surface area contributed by atoms with Crippen LogP contribution in [-0.4, -0.2) is 9.38 Å². The maximum atomic E-state index is 15.4. The number of rotatable bonds is 4. The zero-order chi connectivity index (χ0) is 30.0. The van der Waals surface area contributed by atoms with Crippen LogP contribution in [0.25, 0.3) is 60.3 Å². The summed E-state index contributed by atoms with van der Waals surface area (Å²) in [6.07, 6.45) is 0. The SMILES string of the molecule is O=P(c1ccccc1)(c1ccccc1)c1cccc2c(-c3ccc4c(c3)c3ccccc3n3c5ccccc5nc43)cccc12. The topological polar surface area (TPSA) is 34.4 Å². The first kappa shape index (κ1) is 25.9. The van der Waals surface area contributed by atoms with E-state index in [1.807, 2.05) is 72.8 Å². The zero-order valence-corrected chi connectivity index (χ0v) is 25.2. The Morgan fingerprint density at radius 1 is 0.467 bits per heavy atom. The Labute approximate surface area is 260 Å². The van der Waals surface area contributed by atoms with Crippen LogP contribution >= 0.6 is 7.14 Å². The molecule has 45 heavy (non-hydrogen) atoms. The minimum atomic E-state index is -3.16. The molecule has 2 heterocycles. The first-order valence-corrected chi connectivity index (χ1v) is 16.9. The van der Waals surface area contributed by atoms with Gasteiger partial charge in [-0.1, -0.05) is 133 Å². The highest BCUT2D eigenvalue weighted by molar-refractivity contribution is 7.85. The molecule has 0 radical (unpaired) electrons. The Morgan fingerprint density at radius 2 is 1.09 bits per heavy atom. The monoisotopic (exact) mass is 594 g/mol. The van der Waals surface area contributed by atoms with Crippen LogP contribution in [0.1, 0.15) is 0 Å². The van der Waals surface area contributed by atoms with Gasteiger partial charge >= 0.3 is 0 Å². The van der Waals surface area contributed by atoms with Crippen LogP contribution in [0.15, 0.2) is 164 Å². The molecule has 9 aromatic rings. The molecule has 9 rings (SSSR count). The van der Waals surface area contributed by atoms with Gasteiger partial charge in [-0.3, -0.25) is 4.40 Å². The average Bonchev–Trinajstić information content (AvgIpc) is 3.51. The molecule has 3 nitrogen and oxygen atoms in total. The molecule has 0 saturated carbocycles. The number of hydrogen-bond acceptors (Lipinski definition) is 2. The predicted octanol–water partition coefficient (Wildman–Crippen LogP) is 9.25. The van der Waals surface area contributed by atoms with E-state index in [2.05, 4.69) is 95.4 Å². The predicted molar refractivity (Wildman–Crippen MR) is 190 cm³/mol. The summed E-state index contributed by atoms with van der Waals surface area (Å²) in [5.74, 6) is 0. The molecule has 2 aromatic heterocycles. The highest BCUT2D eigenvalue weighted by atomic mass is 31.2. The van der Waals surface area contributed by atoms with Crippen molar-refractivity contribution >= 4 is 72.2 Å². The fourth-order valence-electron chi connectivity index (χ4n) is 7.00. The third kappa shape index (κ3) is 3.84. The maximum Gasteiger partial charge on any atom is 0.171 e. The molecule has 0 saturated heterocycles. The van der Waals surface area contributed by atoms with E-state index in [1.165, 1.54) is 10.8 Å². The summed E-state index contributed by atoms with van der Waals surface area (Å²) in [5, 5.41) is 8.08. The van der Waals surface area contributed by atoms with Gasteiger partial charge in [0.25, 0.3) is 0 Å². The zero-order valence-electron chi connectivity index (χ0n) is 24.3. The molecule has 0 aliphatic heterocycles. The van der Waals surface area contributed by atoms with Crippen LogP contribution in [0.4, 0.5) is 0 Å². The molecule has 0 unspecified atom stereocenters. The lowest BCUT2D eigenvalue weighted by Crippen LogP contribution is -2.25. The van der Waals surface area contributed by atoms with E-state index in [0.29, 0.717) is 0 Å². The second-order valence-electron chi connectivity index (χ2n) is 11.5. The largest absolute Gasteiger partial charge is 0.309 e. The van der Waals surface area contributed by atoms with Gasteiger partial charge < -0.3 is 4.57 Å². The Kier molecular flexibility index (Phi) is 5.78. The quantitative estimate of drug-likeness (QED) is 0.150. The summed E-state index contributed by atoms with van der Waals surface area (Å²) in [4.78, 5) is 5.07. The molecule has 0 atom stereocenters. The molecule has 0 N–H and O–H groups in total. The van der Waals surface area contributed by atoms with Crippen molar-refractivity contribution in [1.82, 2.24) is 9.38 Å². The van der Waals surface area contributed by atoms with Crippen molar-refractivity contribution in [2.75, 3.05) is 0 Å². The normalized spacial score (nSPS) is 12.1. The van der Waals surface area contributed by atoms with Crippen molar-refractivity contribution in [2.24, 2.45) is 0 Å². The molecular weight excluding hydrogens is 567 g/mol. The summed E-state index contributed by atoms with van der Waals surface area (Å²) in [7, 11) is -3.16. The smallest absolute Gasteiger partial charge is 0.171 e. The third-order valence-corrected chi connectivity index (χ3v) is 12.2. The molecule has 212 valence electrons. The fraction of sp³-hybridized carbons (Fsp3) is 0. The van der Waals surface area contributed by atoms with E-state index in [4.69, 9.17) is 4.98 Å². The van der Waals surface area contributed by atoms with E-state index >= 15 is 4.57 Å². The summed E-state index contributed by atoms with van der Waals surface area (Å²) < 4.78 is 17.7. The highest BCUT2D eigenvalue weighted by Gasteiger charge is 2.31. The van der Waals surface area contributed by atoms with E-state index < -0.39 is 7.14 Å². The van der Waals surface area contributed by atoms with E-state index in [9.17, 15) is 0 Å². The lowest BCUT2D eigenvalue weighted by Gasteiger charge is -2.22. The Balaban J connectivity index is 1.31. The van der Waals surface area contributed by atoms with Gasteiger partial charge in [0, 0.05) is 26.7 Å². The number of nitrogens with zero attached hydrogens (tertiary/aromatic N) is 2. The van der Waals surface area contributed by atoms with Crippen molar-refractivity contribution in [2.45, 2.75) is 0 Å². The summed E-state index contributed by atoms with van der Waals surface area (Å²) in [6, 6.07) is 56.0. The molecule has 0 aliphatic rings. The van der Waals surface area contributed by atoms with Crippen molar-refractivity contribution in [1.29, 1.82) is 0 Å². The second-order valence-corrected chi connectivity index (χ2v) is 14.2. The lowest BCUT2D eigenvalue weighted by atomic mass is 9.95. The number of imidazole rings is 1. The van der Waals surface area contributed by atoms with Gasteiger partial charge in [-0.05, 0) is 57.6 Å². The average molecular weight is 595 g/mol.